The van der Waals surface area contributed by atoms with Crippen molar-refractivity contribution in [2.75, 3.05) is 22.1 Å². The van der Waals surface area contributed by atoms with E-state index in [2.05, 4.69) is 53.6 Å². The lowest BCUT2D eigenvalue weighted by molar-refractivity contribution is -0.00000480. The van der Waals surface area contributed by atoms with Crippen molar-refractivity contribution in [1.29, 1.82) is 0 Å². The molecule has 2 rings (SSSR count). The average molecular weight is 370 g/mol. The van der Waals surface area contributed by atoms with Gasteiger partial charge < -0.3 is 23.0 Å². The van der Waals surface area contributed by atoms with Crippen LogP contribution in [-0.4, -0.2) is 17.7 Å². The maximum atomic E-state index is 3.54. The van der Waals surface area contributed by atoms with E-state index in [4.69, 9.17) is 0 Å². The molecule has 0 unspecified atom stereocenters. The Morgan fingerprint density at radius 1 is 0.792 bits per heavy atom. The van der Waals surface area contributed by atoms with Gasteiger partial charge in [-0.3, -0.25) is 0 Å². The van der Waals surface area contributed by atoms with Crippen molar-refractivity contribution in [2.45, 2.75) is 77.3 Å². The van der Waals surface area contributed by atoms with Crippen LogP contribution in [0.4, 0.5) is 11.4 Å². The number of hydrogen-bond acceptors (Lipinski definition) is 3. The Morgan fingerprint density at radius 3 is 1.83 bits per heavy atom. The number of halogens is 1. The largest absolute Gasteiger partial charge is 1.00 e. The summed E-state index contributed by atoms with van der Waals surface area (Å²) in [4.78, 5) is 0. The molecule has 2 nitrogen and oxygen atoms in total. The van der Waals surface area contributed by atoms with E-state index in [1.165, 1.54) is 81.3 Å². The van der Waals surface area contributed by atoms with Gasteiger partial charge in [0.2, 0.25) is 0 Å². The molecule has 0 fully saturated rings. The molecule has 0 radical (unpaired) electrons. The Labute approximate surface area is 159 Å². The number of para-hydroxylation sites is 2. The van der Waals surface area contributed by atoms with Crippen molar-refractivity contribution in [2.24, 2.45) is 0 Å². The number of fused-ring (bicyclic) bond motifs is 1. The van der Waals surface area contributed by atoms with Gasteiger partial charge >= 0.3 is 0 Å². The predicted molar refractivity (Wildman–Crippen MR) is 107 cm³/mol. The van der Waals surface area contributed by atoms with E-state index < -0.39 is 0 Å². The van der Waals surface area contributed by atoms with Crippen LogP contribution in [0.5, 0.6) is 0 Å². The maximum Gasteiger partial charge on any atom is 0.106 e. The molecule has 0 amide bonds. The molecular weight excluding hydrogens is 336 g/mol. The first-order valence-corrected chi connectivity index (χ1v) is 10.8. The first-order chi connectivity index (χ1) is 11.4. The number of nitrogens with one attached hydrogen (secondary N) is 2. The van der Waals surface area contributed by atoms with Crippen molar-refractivity contribution in [3.8, 4) is 0 Å². The van der Waals surface area contributed by atoms with Crippen LogP contribution in [0.1, 0.15) is 71.1 Å². The monoisotopic (exact) mass is 369 g/mol. The molecule has 0 spiro atoms. The van der Waals surface area contributed by atoms with Gasteiger partial charge in [-0.2, -0.15) is 11.8 Å². The lowest BCUT2D eigenvalue weighted by Crippen LogP contribution is -3.00. The van der Waals surface area contributed by atoms with Gasteiger partial charge in [0.25, 0.3) is 0 Å². The molecule has 1 heterocycles. The molecule has 0 atom stereocenters. The second-order valence-electron chi connectivity index (χ2n) is 6.64. The molecule has 2 N–H and O–H groups in total. The van der Waals surface area contributed by atoms with Crippen LogP contribution < -0.4 is 23.0 Å². The number of unbranched alkanes of at least 4 members (excludes halogenated alkanes) is 9. The maximum absolute atomic E-state index is 3.54. The summed E-state index contributed by atoms with van der Waals surface area (Å²) in [5, 5.41) is 7.08. The summed E-state index contributed by atoms with van der Waals surface area (Å²) in [7, 11) is 0. The minimum atomic E-state index is 0. The van der Waals surface area contributed by atoms with Crippen molar-refractivity contribution >= 4 is 23.1 Å². The number of hydrogen-bond donors (Lipinski definition) is 2. The fraction of sp³-hybridized carbons (Fsp3) is 0.700. The third kappa shape index (κ3) is 8.53. The highest BCUT2D eigenvalue weighted by atomic mass is 35.5. The van der Waals surface area contributed by atoms with Crippen LogP contribution in [-0.2, 0) is 0 Å². The molecule has 0 aromatic heterocycles. The second kappa shape index (κ2) is 13.7. The minimum absolute atomic E-state index is 0. The highest BCUT2D eigenvalue weighted by Crippen LogP contribution is 2.29. The van der Waals surface area contributed by atoms with Crippen LogP contribution in [0, 0.1) is 0 Å². The lowest BCUT2D eigenvalue weighted by Gasteiger charge is -2.11. The molecule has 1 aromatic rings. The summed E-state index contributed by atoms with van der Waals surface area (Å²) < 4.78 is 0. The molecule has 138 valence electrons. The van der Waals surface area contributed by atoms with E-state index in [0.717, 1.165) is 5.75 Å². The Morgan fingerprint density at radius 2 is 1.29 bits per heavy atom. The fourth-order valence-corrected chi connectivity index (χ4v) is 4.10. The van der Waals surface area contributed by atoms with Crippen molar-refractivity contribution in [1.82, 2.24) is 0 Å². The summed E-state index contributed by atoms with van der Waals surface area (Å²) in [6, 6.07) is 8.48. The van der Waals surface area contributed by atoms with E-state index in [1.54, 1.807) is 0 Å². The Balaban J connectivity index is 0.00000288. The standard InChI is InChI=1S/C20H34N2S.ClH/c1-2-3-4-5-6-7-8-9-10-13-16-23-17-20-21-18-14-11-12-15-19(18)22-20;/h11-12,14-15,20-22H,2-10,13,16-17H2,1H3;1H/p-1. The number of anilines is 2. The van der Waals surface area contributed by atoms with Crippen LogP contribution >= 0.6 is 11.8 Å². The molecule has 24 heavy (non-hydrogen) atoms. The number of rotatable bonds is 13. The van der Waals surface area contributed by atoms with Crippen molar-refractivity contribution < 1.29 is 12.4 Å². The zero-order valence-electron chi connectivity index (χ0n) is 15.2. The van der Waals surface area contributed by atoms with Gasteiger partial charge in [0, 0.05) is 5.75 Å². The molecule has 1 aliphatic heterocycles. The summed E-state index contributed by atoms with van der Waals surface area (Å²) in [5.41, 5.74) is 2.49. The second-order valence-corrected chi connectivity index (χ2v) is 7.79. The highest BCUT2D eigenvalue weighted by molar-refractivity contribution is 7.99. The summed E-state index contributed by atoms with van der Waals surface area (Å²) in [6.07, 6.45) is 14.6. The summed E-state index contributed by atoms with van der Waals surface area (Å²) in [5.74, 6) is 2.44. The SMILES string of the molecule is CCCCCCCCCCCCSCC1Nc2ccccc2N1.[Cl-]. The molecule has 1 aromatic carbocycles. The van der Waals surface area contributed by atoms with Gasteiger partial charge in [-0.25, -0.2) is 0 Å². The zero-order chi connectivity index (χ0) is 16.2. The summed E-state index contributed by atoms with van der Waals surface area (Å²) >= 11 is 2.07. The van der Waals surface area contributed by atoms with E-state index >= 15 is 0 Å². The van der Waals surface area contributed by atoms with Gasteiger partial charge in [-0.1, -0.05) is 76.8 Å². The summed E-state index contributed by atoms with van der Waals surface area (Å²) in [6.45, 7) is 2.29. The van der Waals surface area contributed by atoms with Gasteiger partial charge in [0.15, 0.2) is 0 Å². The van der Waals surface area contributed by atoms with Crippen LogP contribution in [0.15, 0.2) is 24.3 Å². The first-order valence-electron chi connectivity index (χ1n) is 9.60. The quantitative estimate of drug-likeness (QED) is 0.520. The van der Waals surface area contributed by atoms with Gasteiger partial charge in [-0.05, 0) is 24.3 Å². The Bertz CT molecular complexity index is 403. The molecular formula is C20H34ClN2S-. The highest BCUT2D eigenvalue weighted by Gasteiger charge is 2.17. The average Bonchev–Trinajstić information content (AvgIpc) is 2.98. The van der Waals surface area contributed by atoms with Gasteiger partial charge in [0.1, 0.15) is 6.17 Å². The third-order valence-corrected chi connectivity index (χ3v) is 5.66. The topological polar surface area (TPSA) is 24.1 Å². The molecule has 0 saturated carbocycles. The van der Waals surface area contributed by atoms with Crippen LogP contribution in [0.2, 0.25) is 0 Å². The van der Waals surface area contributed by atoms with E-state index in [0.29, 0.717) is 6.17 Å². The molecule has 0 aliphatic carbocycles. The predicted octanol–water partition coefficient (Wildman–Crippen LogP) is 3.51. The fourth-order valence-electron chi connectivity index (χ4n) is 3.12. The molecule has 1 aliphatic rings. The smallest absolute Gasteiger partial charge is 0.106 e. The van der Waals surface area contributed by atoms with Crippen molar-refractivity contribution in [3.05, 3.63) is 24.3 Å². The number of thioether (sulfide) groups is 1. The molecule has 0 bridgehead atoms. The normalized spacial score (nSPS) is 13.0. The zero-order valence-corrected chi connectivity index (χ0v) is 16.7. The lowest BCUT2D eigenvalue weighted by atomic mass is 10.1. The number of benzene rings is 1. The Hall–Kier alpha value is -0.540. The van der Waals surface area contributed by atoms with Crippen LogP contribution in [0.25, 0.3) is 0 Å². The van der Waals surface area contributed by atoms with Gasteiger partial charge in [-0.15, -0.1) is 0 Å². The minimum Gasteiger partial charge on any atom is -1.00 e. The van der Waals surface area contributed by atoms with Crippen LogP contribution in [0.3, 0.4) is 0 Å². The molecule has 4 heteroatoms. The van der Waals surface area contributed by atoms with Gasteiger partial charge in [0.05, 0.1) is 11.4 Å². The van der Waals surface area contributed by atoms with Crippen molar-refractivity contribution in [3.63, 3.8) is 0 Å². The van der Waals surface area contributed by atoms with E-state index in [1.807, 2.05) is 0 Å². The third-order valence-electron chi connectivity index (χ3n) is 4.51. The Kier molecular flexibility index (Phi) is 12.3. The van der Waals surface area contributed by atoms with E-state index in [9.17, 15) is 0 Å². The molecule has 0 saturated heterocycles. The van der Waals surface area contributed by atoms with E-state index in [-0.39, 0.29) is 12.4 Å². The first kappa shape index (κ1) is 21.5.